The van der Waals surface area contributed by atoms with Gasteiger partial charge in [-0.05, 0) is 54.1 Å². The zero-order valence-corrected chi connectivity index (χ0v) is 16.3. The predicted octanol–water partition coefficient (Wildman–Crippen LogP) is 4.96. The Balaban J connectivity index is 1.64. The van der Waals surface area contributed by atoms with E-state index in [9.17, 15) is 14.4 Å². The van der Waals surface area contributed by atoms with Crippen molar-refractivity contribution < 1.29 is 18.7 Å². The van der Waals surface area contributed by atoms with Crippen molar-refractivity contribution in [3.05, 3.63) is 95.3 Å². The SMILES string of the molecule is COc1ccc(NC(=O)/C(C#N)=C/c2ccc(OCc3ccccc3F)cc2)cc1. The van der Waals surface area contributed by atoms with Gasteiger partial charge in [0.15, 0.2) is 0 Å². The molecule has 3 aromatic carbocycles. The van der Waals surface area contributed by atoms with E-state index >= 15 is 0 Å². The van der Waals surface area contributed by atoms with Crippen LogP contribution in [0.25, 0.3) is 6.08 Å². The third-order valence-corrected chi connectivity index (χ3v) is 4.26. The lowest BCUT2D eigenvalue weighted by Crippen LogP contribution is -2.13. The van der Waals surface area contributed by atoms with Crippen LogP contribution in [0.5, 0.6) is 11.5 Å². The Morgan fingerprint density at radius 1 is 1.03 bits per heavy atom. The molecular weight excluding hydrogens is 383 g/mol. The van der Waals surface area contributed by atoms with E-state index in [0.29, 0.717) is 28.3 Å². The number of anilines is 1. The molecule has 0 aliphatic rings. The number of ether oxygens (including phenoxy) is 2. The maximum absolute atomic E-state index is 13.6. The number of methoxy groups -OCH3 is 1. The minimum absolute atomic E-state index is 0.0363. The van der Waals surface area contributed by atoms with Gasteiger partial charge >= 0.3 is 0 Å². The van der Waals surface area contributed by atoms with Gasteiger partial charge < -0.3 is 14.8 Å². The maximum Gasteiger partial charge on any atom is 0.266 e. The number of hydrogen-bond donors (Lipinski definition) is 1. The average molecular weight is 402 g/mol. The smallest absolute Gasteiger partial charge is 0.266 e. The topological polar surface area (TPSA) is 71.3 Å². The molecule has 0 aliphatic heterocycles. The quantitative estimate of drug-likeness (QED) is 0.448. The lowest BCUT2D eigenvalue weighted by atomic mass is 10.1. The fourth-order valence-electron chi connectivity index (χ4n) is 2.62. The van der Waals surface area contributed by atoms with Crippen molar-refractivity contribution in [3.63, 3.8) is 0 Å². The molecule has 3 rings (SSSR count). The Bertz CT molecular complexity index is 1080. The molecule has 0 aliphatic carbocycles. The number of nitriles is 1. The summed E-state index contributed by atoms with van der Waals surface area (Å²) in [5.74, 6) is 0.388. The number of nitrogens with one attached hydrogen (secondary N) is 1. The van der Waals surface area contributed by atoms with Crippen molar-refractivity contribution in [3.8, 4) is 17.6 Å². The fourth-order valence-corrected chi connectivity index (χ4v) is 2.62. The van der Waals surface area contributed by atoms with E-state index < -0.39 is 5.91 Å². The third kappa shape index (κ3) is 5.46. The van der Waals surface area contributed by atoms with Gasteiger partial charge in [0.05, 0.1) is 7.11 Å². The first-order chi connectivity index (χ1) is 14.6. The van der Waals surface area contributed by atoms with Crippen molar-refractivity contribution in [2.24, 2.45) is 0 Å². The van der Waals surface area contributed by atoms with E-state index in [1.54, 1.807) is 73.8 Å². The lowest BCUT2D eigenvalue weighted by Gasteiger charge is -2.08. The van der Waals surface area contributed by atoms with Crippen LogP contribution in [-0.2, 0) is 11.4 Å². The lowest BCUT2D eigenvalue weighted by molar-refractivity contribution is -0.112. The number of carbonyl (C=O) groups is 1. The minimum atomic E-state index is -0.512. The van der Waals surface area contributed by atoms with Gasteiger partial charge in [-0.25, -0.2) is 4.39 Å². The number of rotatable bonds is 7. The van der Waals surface area contributed by atoms with E-state index in [1.807, 2.05) is 6.07 Å². The third-order valence-electron chi connectivity index (χ3n) is 4.26. The Hall–Kier alpha value is -4.11. The standard InChI is InChI=1S/C24H19FN2O3/c1-29-21-12-8-20(9-13-21)27-24(28)19(15-26)14-17-6-10-22(11-7-17)30-16-18-4-2-3-5-23(18)25/h2-14H,16H2,1H3,(H,27,28)/b19-14+. The first kappa shape index (κ1) is 20.6. The summed E-state index contributed by atoms with van der Waals surface area (Å²) in [6.07, 6.45) is 1.49. The molecule has 0 fully saturated rings. The van der Waals surface area contributed by atoms with Crippen LogP contribution in [0.15, 0.2) is 78.4 Å². The molecule has 0 spiro atoms. The summed E-state index contributed by atoms with van der Waals surface area (Å²) >= 11 is 0. The zero-order valence-electron chi connectivity index (χ0n) is 16.3. The highest BCUT2D eigenvalue weighted by Crippen LogP contribution is 2.19. The van der Waals surface area contributed by atoms with Crippen molar-refractivity contribution in [2.75, 3.05) is 12.4 Å². The molecule has 5 nitrogen and oxygen atoms in total. The van der Waals surface area contributed by atoms with Gasteiger partial charge in [-0.3, -0.25) is 4.79 Å². The fraction of sp³-hybridized carbons (Fsp3) is 0.0833. The van der Waals surface area contributed by atoms with Crippen molar-refractivity contribution in [1.29, 1.82) is 5.26 Å². The second kappa shape index (κ2) is 9.89. The molecular formula is C24H19FN2O3. The highest BCUT2D eigenvalue weighted by Gasteiger charge is 2.10. The molecule has 0 bridgehead atoms. The van der Waals surface area contributed by atoms with Gasteiger partial charge in [0.25, 0.3) is 5.91 Å². The highest BCUT2D eigenvalue weighted by atomic mass is 19.1. The summed E-state index contributed by atoms with van der Waals surface area (Å²) in [5.41, 5.74) is 1.64. The summed E-state index contributed by atoms with van der Waals surface area (Å²) in [5, 5.41) is 12.0. The Morgan fingerprint density at radius 3 is 2.33 bits per heavy atom. The maximum atomic E-state index is 13.6. The molecule has 0 heterocycles. The molecule has 6 heteroatoms. The van der Waals surface area contributed by atoms with Crippen molar-refractivity contribution in [1.82, 2.24) is 0 Å². The van der Waals surface area contributed by atoms with Crippen molar-refractivity contribution in [2.45, 2.75) is 6.61 Å². The number of hydrogen-bond acceptors (Lipinski definition) is 4. The Kier molecular flexibility index (Phi) is 6.80. The summed E-state index contributed by atoms with van der Waals surface area (Å²) in [4.78, 5) is 12.4. The van der Waals surface area contributed by atoms with Crippen LogP contribution in [0.2, 0.25) is 0 Å². The second-order valence-electron chi connectivity index (χ2n) is 6.30. The minimum Gasteiger partial charge on any atom is -0.497 e. The van der Waals surface area contributed by atoms with Crippen LogP contribution < -0.4 is 14.8 Å². The van der Waals surface area contributed by atoms with Gasteiger partial charge in [0, 0.05) is 11.3 Å². The summed E-state index contributed by atoms with van der Waals surface area (Å²) in [7, 11) is 1.56. The van der Waals surface area contributed by atoms with Gasteiger partial charge in [-0.15, -0.1) is 0 Å². The van der Waals surface area contributed by atoms with Crippen LogP contribution in [0.3, 0.4) is 0 Å². The van der Waals surface area contributed by atoms with E-state index in [4.69, 9.17) is 9.47 Å². The molecule has 0 saturated carbocycles. The largest absolute Gasteiger partial charge is 0.497 e. The zero-order chi connectivity index (χ0) is 21.3. The van der Waals surface area contributed by atoms with Gasteiger partial charge in [0.1, 0.15) is 35.6 Å². The van der Waals surface area contributed by atoms with Crippen LogP contribution >= 0.6 is 0 Å². The average Bonchev–Trinajstić information content (AvgIpc) is 2.78. The monoisotopic (exact) mass is 402 g/mol. The summed E-state index contributed by atoms with van der Waals surface area (Å²) in [6, 6.07) is 22.0. The molecule has 1 N–H and O–H groups in total. The molecule has 0 radical (unpaired) electrons. The van der Waals surface area contributed by atoms with E-state index in [-0.39, 0.29) is 18.0 Å². The van der Waals surface area contributed by atoms with Crippen LogP contribution in [0.4, 0.5) is 10.1 Å². The molecule has 0 aromatic heterocycles. The molecule has 0 atom stereocenters. The first-order valence-electron chi connectivity index (χ1n) is 9.12. The molecule has 0 saturated heterocycles. The van der Waals surface area contributed by atoms with Crippen LogP contribution in [0.1, 0.15) is 11.1 Å². The molecule has 3 aromatic rings. The number of carbonyl (C=O) groups excluding carboxylic acids is 1. The number of halogens is 1. The van der Waals surface area contributed by atoms with Crippen molar-refractivity contribution >= 4 is 17.7 Å². The second-order valence-corrected chi connectivity index (χ2v) is 6.30. The molecule has 150 valence electrons. The highest BCUT2D eigenvalue weighted by molar-refractivity contribution is 6.09. The molecule has 0 unspecified atom stereocenters. The Labute approximate surface area is 174 Å². The van der Waals surface area contributed by atoms with E-state index in [2.05, 4.69) is 5.32 Å². The first-order valence-corrected chi connectivity index (χ1v) is 9.12. The molecule has 30 heavy (non-hydrogen) atoms. The van der Waals surface area contributed by atoms with Gasteiger partial charge in [-0.2, -0.15) is 5.26 Å². The van der Waals surface area contributed by atoms with Crippen LogP contribution in [-0.4, -0.2) is 13.0 Å². The number of amides is 1. The number of nitrogens with zero attached hydrogens (tertiary/aromatic N) is 1. The van der Waals surface area contributed by atoms with E-state index in [0.717, 1.165) is 0 Å². The van der Waals surface area contributed by atoms with Gasteiger partial charge in [0.2, 0.25) is 0 Å². The Morgan fingerprint density at radius 2 is 1.70 bits per heavy atom. The number of benzene rings is 3. The predicted molar refractivity (Wildman–Crippen MR) is 112 cm³/mol. The van der Waals surface area contributed by atoms with E-state index in [1.165, 1.54) is 12.1 Å². The normalized spacial score (nSPS) is 10.8. The van der Waals surface area contributed by atoms with Crippen LogP contribution in [0, 0.1) is 17.1 Å². The molecule has 1 amide bonds. The van der Waals surface area contributed by atoms with Gasteiger partial charge in [-0.1, -0.05) is 30.3 Å². The summed E-state index contributed by atoms with van der Waals surface area (Å²) in [6.45, 7) is 0.107. The summed E-state index contributed by atoms with van der Waals surface area (Å²) < 4.78 is 24.3.